The highest BCUT2D eigenvalue weighted by Gasteiger charge is 2.35. The maximum atomic E-state index is 13.7. The number of carboxylic acids is 1. The molecule has 1 aromatic heterocycles. The Hall–Kier alpha value is -3.14. The zero-order valence-corrected chi connectivity index (χ0v) is 17.9. The second-order valence-corrected chi connectivity index (χ2v) is 7.53. The van der Waals surface area contributed by atoms with Gasteiger partial charge in [-0.05, 0) is 45.1 Å². The van der Waals surface area contributed by atoms with Gasteiger partial charge in [0.05, 0.1) is 7.11 Å². The van der Waals surface area contributed by atoms with E-state index >= 15 is 0 Å². The van der Waals surface area contributed by atoms with Crippen LogP contribution in [-0.4, -0.2) is 66.0 Å². The van der Waals surface area contributed by atoms with Gasteiger partial charge in [-0.3, -0.25) is 4.79 Å². The number of carbonyl (C=O) groups is 2. The van der Waals surface area contributed by atoms with Gasteiger partial charge in [-0.2, -0.15) is 0 Å². The van der Waals surface area contributed by atoms with E-state index in [1.54, 1.807) is 0 Å². The minimum atomic E-state index is -1.16. The number of carboxylic acid groups (broad SMARTS) is 2. The summed E-state index contributed by atoms with van der Waals surface area (Å²) >= 11 is 0. The summed E-state index contributed by atoms with van der Waals surface area (Å²) < 4.78 is 24.0. The minimum absolute atomic E-state index is 0.00788. The summed E-state index contributed by atoms with van der Waals surface area (Å²) in [5, 5.41) is 23.8. The molecule has 10 heteroatoms. The number of rotatable bonds is 7. The van der Waals surface area contributed by atoms with E-state index in [-0.39, 0.29) is 34.9 Å². The Morgan fingerprint density at radius 1 is 1.35 bits per heavy atom. The lowest BCUT2D eigenvalue weighted by atomic mass is 9.80. The smallest absolute Gasteiger partial charge is 0.343 e. The molecule has 0 atom stereocenters. The van der Waals surface area contributed by atoms with Gasteiger partial charge in [-0.1, -0.05) is 24.4 Å². The van der Waals surface area contributed by atoms with Crippen LogP contribution in [0.4, 0.5) is 10.2 Å². The van der Waals surface area contributed by atoms with Crippen LogP contribution in [0.25, 0.3) is 11.3 Å². The van der Waals surface area contributed by atoms with Crippen molar-refractivity contribution in [1.82, 2.24) is 10.1 Å². The maximum Gasteiger partial charge on any atom is 0.343 e. The number of methoxy groups -OCH3 is 1. The van der Waals surface area contributed by atoms with Crippen molar-refractivity contribution in [2.75, 3.05) is 33.1 Å². The van der Waals surface area contributed by atoms with Gasteiger partial charge >= 0.3 is 5.97 Å². The number of hydrogen-bond acceptors (Lipinski definition) is 7. The normalized spacial score (nSPS) is 15.0. The number of benzene rings is 1. The average Bonchev–Trinajstić information content (AvgIpc) is 3.18. The van der Waals surface area contributed by atoms with E-state index in [4.69, 9.17) is 19.2 Å². The molecule has 2 aromatic rings. The van der Waals surface area contributed by atoms with E-state index in [2.05, 4.69) is 15.4 Å². The van der Waals surface area contributed by atoms with Crippen molar-refractivity contribution in [3.05, 3.63) is 29.6 Å². The van der Waals surface area contributed by atoms with Crippen LogP contribution in [0.2, 0.25) is 0 Å². The second kappa shape index (κ2) is 10.8. The van der Waals surface area contributed by atoms with Gasteiger partial charge in [0.15, 0.2) is 28.7 Å². The standard InChI is InChI=1S/C20H26FN3O4.CH2O2/c1-24(2)20(9-5-4-6-10-20)12-22-18-16(19(25)26)17(28-23-18)13-7-8-14(21)15(11-13)27-3;2-1-3/h7-8,11H,4-6,9-10,12H2,1-3H3,(H,22,23)(H,25,26);1H,(H,2,3). The molecule has 0 aliphatic heterocycles. The number of aromatic nitrogens is 1. The summed E-state index contributed by atoms with van der Waals surface area (Å²) in [7, 11) is 5.44. The molecule has 0 amide bonds. The van der Waals surface area contributed by atoms with E-state index in [0.717, 1.165) is 25.7 Å². The van der Waals surface area contributed by atoms with Gasteiger partial charge in [-0.25, -0.2) is 9.18 Å². The first-order valence-corrected chi connectivity index (χ1v) is 9.85. The molecule has 1 aromatic carbocycles. The molecule has 31 heavy (non-hydrogen) atoms. The van der Waals surface area contributed by atoms with Crippen LogP contribution in [0, 0.1) is 5.82 Å². The number of halogens is 1. The molecule has 1 saturated carbocycles. The Bertz CT molecular complexity index is 893. The molecule has 3 rings (SSSR count). The number of anilines is 1. The highest BCUT2D eigenvalue weighted by atomic mass is 19.1. The Morgan fingerprint density at radius 2 is 2.00 bits per heavy atom. The van der Waals surface area contributed by atoms with Crippen LogP contribution < -0.4 is 10.1 Å². The van der Waals surface area contributed by atoms with Crippen LogP contribution in [0.5, 0.6) is 5.75 Å². The summed E-state index contributed by atoms with van der Waals surface area (Å²) in [6.45, 7) is 0.318. The molecule has 1 aliphatic rings. The molecule has 0 radical (unpaired) electrons. The maximum absolute atomic E-state index is 13.7. The van der Waals surface area contributed by atoms with Crippen molar-refractivity contribution in [2.45, 2.75) is 37.6 Å². The summed E-state index contributed by atoms with van der Waals surface area (Å²) in [6.07, 6.45) is 5.58. The van der Waals surface area contributed by atoms with Gasteiger partial charge in [0.25, 0.3) is 6.47 Å². The zero-order valence-electron chi connectivity index (χ0n) is 17.9. The molecule has 1 fully saturated rings. The molecule has 0 bridgehead atoms. The molecule has 0 unspecified atom stereocenters. The topological polar surface area (TPSA) is 125 Å². The lowest BCUT2D eigenvalue weighted by Gasteiger charge is -2.43. The predicted molar refractivity (Wildman–Crippen MR) is 112 cm³/mol. The third-order valence-corrected chi connectivity index (χ3v) is 5.64. The summed E-state index contributed by atoms with van der Waals surface area (Å²) in [5.41, 5.74) is 0.265. The largest absolute Gasteiger partial charge is 0.494 e. The summed E-state index contributed by atoms with van der Waals surface area (Å²) in [6, 6.07) is 4.05. The van der Waals surface area contributed by atoms with Gasteiger partial charge in [-0.15, -0.1) is 0 Å². The number of likely N-dealkylation sites (N-methyl/N-ethyl adjacent to an activating group) is 1. The first kappa shape index (κ1) is 24.1. The van der Waals surface area contributed by atoms with E-state index in [1.807, 2.05) is 14.1 Å². The molecule has 9 nitrogen and oxygen atoms in total. The van der Waals surface area contributed by atoms with Gasteiger partial charge in [0, 0.05) is 17.6 Å². The first-order valence-electron chi connectivity index (χ1n) is 9.85. The van der Waals surface area contributed by atoms with Crippen LogP contribution >= 0.6 is 0 Å². The van der Waals surface area contributed by atoms with Crippen molar-refractivity contribution < 1.29 is 33.5 Å². The number of hydrogen-bond donors (Lipinski definition) is 3. The first-order chi connectivity index (χ1) is 14.8. The van der Waals surface area contributed by atoms with E-state index in [0.29, 0.717) is 12.1 Å². The fourth-order valence-electron chi connectivity index (χ4n) is 3.85. The monoisotopic (exact) mass is 437 g/mol. The fourth-order valence-corrected chi connectivity index (χ4v) is 3.85. The SMILES string of the molecule is COc1cc(-c2onc(NCC3(N(C)C)CCCCC3)c2C(=O)O)ccc1F.O=CO. The van der Waals surface area contributed by atoms with Gasteiger partial charge in [0.1, 0.15) is 0 Å². The number of nitrogens with zero attached hydrogens (tertiary/aromatic N) is 2. The van der Waals surface area contributed by atoms with Crippen LogP contribution in [0.3, 0.4) is 0 Å². The van der Waals surface area contributed by atoms with Crippen molar-refractivity contribution >= 4 is 18.3 Å². The second-order valence-electron chi connectivity index (χ2n) is 7.53. The van der Waals surface area contributed by atoms with Crippen molar-refractivity contribution in [2.24, 2.45) is 0 Å². The Balaban J connectivity index is 0.00000107. The summed E-state index contributed by atoms with van der Waals surface area (Å²) in [5.74, 6) is -1.45. The van der Waals surface area contributed by atoms with E-state index < -0.39 is 11.8 Å². The van der Waals surface area contributed by atoms with Crippen molar-refractivity contribution in [3.8, 4) is 17.1 Å². The number of aromatic carboxylic acids is 1. The lowest BCUT2D eigenvalue weighted by molar-refractivity contribution is -0.122. The third-order valence-electron chi connectivity index (χ3n) is 5.64. The van der Waals surface area contributed by atoms with Crippen molar-refractivity contribution in [1.29, 1.82) is 0 Å². The molecular formula is C21H28FN3O6. The average molecular weight is 437 g/mol. The van der Waals surface area contributed by atoms with Gasteiger partial charge < -0.3 is 29.7 Å². The lowest BCUT2D eigenvalue weighted by Crippen LogP contribution is -2.51. The minimum Gasteiger partial charge on any atom is -0.494 e. The molecule has 0 spiro atoms. The van der Waals surface area contributed by atoms with Crippen LogP contribution in [0.1, 0.15) is 42.5 Å². The van der Waals surface area contributed by atoms with E-state index in [9.17, 15) is 14.3 Å². The van der Waals surface area contributed by atoms with Gasteiger partial charge in [0.2, 0.25) is 0 Å². The fraction of sp³-hybridized carbons (Fsp3) is 0.476. The molecule has 1 heterocycles. The number of nitrogens with one attached hydrogen (secondary N) is 1. The van der Waals surface area contributed by atoms with Crippen molar-refractivity contribution in [3.63, 3.8) is 0 Å². The highest BCUT2D eigenvalue weighted by molar-refractivity contribution is 5.99. The zero-order chi connectivity index (χ0) is 23.0. The Labute approximate surface area is 179 Å². The quantitative estimate of drug-likeness (QED) is 0.557. The summed E-state index contributed by atoms with van der Waals surface area (Å²) in [4.78, 5) is 22.5. The van der Waals surface area contributed by atoms with E-state index in [1.165, 1.54) is 31.7 Å². The predicted octanol–water partition coefficient (Wildman–Crippen LogP) is 3.56. The Morgan fingerprint density at radius 3 is 2.55 bits per heavy atom. The third kappa shape index (κ3) is 5.52. The molecule has 3 N–H and O–H groups in total. The van der Waals surface area contributed by atoms with Crippen LogP contribution in [-0.2, 0) is 4.79 Å². The molecular weight excluding hydrogens is 409 g/mol. The highest BCUT2D eigenvalue weighted by Crippen LogP contribution is 2.35. The molecule has 1 aliphatic carbocycles. The molecule has 0 saturated heterocycles. The Kier molecular flexibility index (Phi) is 8.38. The molecule has 170 valence electrons. The number of ether oxygens (including phenoxy) is 1. The van der Waals surface area contributed by atoms with Crippen LogP contribution in [0.15, 0.2) is 22.7 Å².